The molecule has 4 nitrogen and oxygen atoms in total. The Kier molecular flexibility index (Phi) is 4.64. The molecule has 0 aromatic heterocycles. The lowest BCUT2D eigenvalue weighted by Gasteiger charge is -2.32. The van der Waals surface area contributed by atoms with E-state index in [1.54, 1.807) is 12.1 Å². The van der Waals surface area contributed by atoms with Crippen LogP contribution in [0.1, 0.15) is 26.2 Å². The molecule has 2 amide bonds. The number of thioether (sulfide) groups is 1. The minimum atomic E-state index is -0.363. The summed E-state index contributed by atoms with van der Waals surface area (Å²) in [4.78, 5) is 27.5. The summed E-state index contributed by atoms with van der Waals surface area (Å²) in [6, 6.07) is 5.43. The Balaban J connectivity index is 1.67. The second-order valence-electron chi connectivity index (χ2n) is 6.03. The highest BCUT2D eigenvalue weighted by Gasteiger charge is 2.31. The first-order valence-electron chi connectivity index (χ1n) is 7.58. The molecule has 2 heterocycles. The Morgan fingerprint density at radius 3 is 3.09 bits per heavy atom. The molecule has 1 fully saturated rings. The molecule has 0 spiro atoms. The Morgan fingerprint density at radius 1 is 1.50 bits per heavy atom. The number of carbonyl (C=O) groups excluding carboxylic acids is 2. The van der Waals surface area contributed by atoms with E-state index in [1.165, 1.54) is 18.2 Å². The van der Waals surface area contributed by atoms with E-state index in [1.807, 2.05) is 11.0 Å². The van der Waals surface area contributed by atoms with E-state index in [0.29, 0.717) is 10.9 Å². The van der Waals surface area contributed by atoms with E-state index in [-0.39, 0.29) is 23.5 Å². The molecule has 118 valence electrons. The van der Waals surface area contributed by atoms with Crippen molar-refractivity contribution >= 4 is 40.9 Å². The number of anilines is 1. The molecular formula is C16H19ClN2O2S. The number of hydrogen-bond donors (Lipinski definition) is 1. The molecule has 2 unspecified atom stereocenters. The summed E-state index contributed by atoms with van der Waals surface area (Å²) in [6.45, 7) is 3.79. The maximum Gasteiger partial charge on any atom is 0.238 e. The van der Waals surface area contributed by atoms with Gasteiger partial charge in [0.1, 0.15) is 0 Å². The average Bonchev–Trinajstić information content (AvgIpc) is 2.48. The van der Waals surface area contributed by atoms with Crippen LogP contribution >= 0.6 is 23.4 Å². The highest BCUT2D eigenvalue weighted by atomic mass is 35.5. The Morgan fingerprint density at radius 2 is 2.32 bits per heavy atom. The zero-order valence-corrected chi connectivity index (χ0v) is 14.0. The highest BCUT2D eigenvalue weighted by molar-refractivity contribution is 8.01. The van der Waals surface area contributed by atoms with Crippen molar-refractivity contribution < 1.29 is 9.59 Å². The summed E-state index contributed by atoms with van der Waals surface area (Å²) < 4.78 is 0. The number of nitrogens with zero attached hydrogens (tertiary/aromatic N) is 1. The number of rotatable bonds is 2. The molecule has 1 N–H and O–H groups in total. The van der Waals surface area contributed by atoms with Crippen molar-refractivity contribution in [2.45, 2.75) is 36.3 Å². The van der Waals surface area contributed by atoms with Gasteiger partial charge in [0.2, 0.25) is 11.8 Å². The molecule has 1 aromatic rings. The van der Waals surface area contributed by atoms with Gasteiger partial charge in [0.25, 0.3) is 0 Å². The summed E-state index contributed by atoms with van der Waals surface area (Å²) in [5.41, 5.74) is 0.734. The van der Waals surface area contributed by atoms with E-state index in [9.17, 15) is 9.59 Å². The normalized spacial score (nSPS) is 24.6. The molecule has 3 rings (SSSR count). The molecule has 22 heavy (non-hydrogen) atoms. The fourth-order valence-electron chi connectivity index (χ4n) is 2.96. The molecular weight excluding hydrogens is 320 g/mol. The summed E-state index contributed by atoms with van der Waals surface area (Å²) in [5.74, 6) is 0.517. The van der Waals surface area contributed by atoms with Crippen LogP contribution in [0.5, 0.6) is 0 Å². The van der Waals surface area contributed by atoms with E-state index >= 15 is 0 Å². The number of likely N-dealkylation sites (tertiary alicyclic amines) is 1. The zero-order chi connectivity index (χ0) is 15.7. The van der Waals surface area contributed by atoms with Crippen molar-refractivity contribution in [3.8, 4) is 0 Å². The number of halogens is 1. The van der Waals surface area contributed by atoms with Crippen LogP contribution in [0.2, 0.25) is 5.02 Å². The number of amides is 2. The molecule has 2 atom stereocenters. The molecule has 2 aliphatic heterocycles. The lowest BCUT2D eigenvalue weighted by molar-refractivity contribution is -0.134. The monoisotopic (exact) mass is 338 g/mol. The van der Waals surface area contributed by atoms with Gasteiger partial charge < -0.3 is 10.2 Å². The van der Waals surface area contributed by atoms with Gasteiger partial charge in [-0.05, 0) is 37.0 Å². The van der Waals surface area contributed by atoms with E-state index in [4.69, 9.17) is 11.6 Å². The van der Waals surface area contributed by atoms with Gasteiger partial charge >= 0.3 is 0 Å². The SMILES string of the molecule is CC1CCCN(C(=O)CC2Sc3ccc(Cl)cc3NC2=O)C1. The van der Waals surface area contributed by atoms with Crippen molar-refractivity contribution in [2.75, 3.05) is 18.4 Å². The van der Waals surface area contributed by atoms with Gasteiger partial charge in [-0.2, -0.15) is 0 Å². The fraction of sp³-hybridized carbons (Fsp3) is 0.500. The van der Waals surface area contributed by atoms with Crippen LogP contribution in [-0.2, 0) is 9.59 Å². The molecule has 6 heteroatoms. The summed E-state index contributed by atoms with van der Waals surface area (Å²) in [7, 11) is 0. The number of piperidine rings is 1. The third kappa shape index (κ3) is 3.41. The predicted octanol–water partition coefficient (Wildman–Crippen LogP) is 3.40. The first-order valence-corrected chi connectivity index (χ1v) is 8.83. The number of nitrogens with one attached hydrogen (secondary N) is 1. The fourth-order valence-corrected chi connectivity index (χ4v) is 4.21. The molecule has 0 aliphatic carbocycles. The Hall–Kier alpha value is -1.20. The van der Waals surface area contributed by atoms with E-state index in [0.717, 1.165) is 30.1 Å². The van der Waals surface area contributed by atoms with Gasteiger partial charge in [-0.15, -0.1) is 11.8 Å². The lowest BCUT2D eigenvalue weighted by Crippen LogP contribution is -2.42. The molecule has 0 bridgehead atoms. The maximum absolute atomic E-state index is 12.4. The van der Waals surface area contributed by atoms with E-state index in [2.05, 4.69) is 12.2 Å². The van der Waals surface area contributed by atoms with Crippen LogP contribution in [0.4, 0.5) is 5.69 Å². The third-order valence-electron chi connectivity index (χ3n) is 4.13. The van der Waals surface area contributed by atoms with Gasteiger partial charge in [-0.1, -0.05) is 18.5 Å². The molecule has 0 radical (unpaired) electrons. The third-order valence-corrected chi connectivity index (χ3v) is 5.64. The quantitative estimate of drug-likeness (QED) is 0.899. The second-order valence-corrected chi connectivity index (χ2v) is 7.71. The summed E-state index contributed by atoms with van der Waals surface area (Å²) in [5, 5.41) is 3.08. The van der Waals surface area contributed by atoms with Gasteiger partial charge in [0.15, 0.2) is 0 Å². The first-order chi connectivity index (χ1) is 10.5. The van der Waals surface area contributed by atoms with Crippen molar-refractivity contribution in [3.63, 3.8) is 0 Å². The van der Waals surface area contributed by atoms with Crippen LogP contribution < -0.4 is 5.32 Å². The highest BCUT2D eigenvalue weighted by Crippen LogP contribution is 2.38. The Labute approximate surface area is 139 Å². The van der Waals surface area contributed by atoms with Crippen molar-refractivity contribution in [1.29, 1.82) is 0 Å². The van der Waals surface area contributed by atoms with Gasteiger partial charge in [0, 0.05) is 29.4 Å². The predicted molar refractivity (Wildman–Crippen MR) is 89.3 cm³/mol. The molecule has 1 aromatic carbocycles. The van der Waals surface area contributed by atoms with Crippen molar-refractivity contribution in [2.24, 2.45) is 5.92 Å². The van der Waals surface area contributed by atoms with Crippen LogP contribution in [0.3, 0.4) is 0 Å². The van der Waals surface area contributed by atoms with Gasteiger partial charge in [-0.25, -0.2) is 0 Å². The van der Waals surface area contributed by atoms with Crippen LogP contribution in [0.15, 0.2) is 23.1 Å². The van der Waals surface area contributed by atoms with Crippen molar-refractivity contribution in [3.05, 3.63) is 23.2 Å². The second kappa shape index (κ2) is 6.50. The first kappa shape index (κ1) is 15.7. The largest absolute Gasteiger partial charge is 0.342 e. The average molecular weight is 339 g/mol. The number of fused-ring (bicyclic) bond motifs is 1. The topological polar surface area (TPSA) is 49.4 Å². The number of benzene rings is 1. The minimum absolute atomic E-state index is 0.0802. The van der Waals surface area contributed by atoms with Gasteiger partial charge in [0.05, 0.1) is 10.9 Å². The smallest absolute Gasteiger partial charge is 0.238 e. The molecule has 2 aliphatic rings. The maximum atomic E-state index is 12.4. The van der Waals surface area contributed by atoms with Crippen LogP contribution in [0.25, 0.3) is 0 Å². The Bertz CT molecular complexity index is 608. The van der Waals surface area contributed by atoms with Crippen LogP contribution in [0, 0.1) is 5.92 Å². The number of hydrogen-bond acceptors (Lipinski definition) is 3. The minimum Gasteiger partial charge on any atom is -0.342 e. The lowest BCUT2D eigenvalue weighted by atomic mass is 10.00. The van der Waals surface area contributed by atoms with Crippen LogP contribution in [-0.4, -0.2) is 35.1 Å². The standard InChI is InChI=1S/C16H19ClN2O2S/c1-10-3-2-6-19(9-10)15(20)8-14-16(21)18-12-7-11(17)4-5-13(12)22-14/h4-5,7,10,14H,2-3,6,8-9H2,1H3,(H,18,21). The summed E-state index contributed by atoms with van der Waals surface area (Å²) in [6.07, 6.45) is 2.49. The zero-order valence-electron chi connectivity index (χ0n) is 12.5. The van der Waals surface area contributed by atoms with Crippen molar-refractivity contribution in [1.82, 2.24) is 4.90 Å². The van der Waals surface area contributed by atoms with E-state index < -0.39 is 0 Å². The molecule has 0 saturated carbocycles. The van der Waals surface area contributed by atoms with Gasteiger partial charge in [-0.3, -0.25) is 9.59 Å². The molecule has 1 saturated heterocycles. The summed E-state index contributed by atoms with van der Waals surface area (Å²) >= 11 is 7.39. The number of carbonyl (C=O) groups is 2.